The van der Waals surface area contributed by atoms with Crippen molar-refractivity contribution >= 4 is 34.8 Å². The van der Waals surface area contributed by atoms with Crippen LogP contribution in [-0.4, -0.2) is 52.8 Å². The van der Waals surface area contributed by atoms with Gasteiger partial charge in [-0.05, 0) is 24.2 Å². The third-order valence-corrected chi connectivity index (χ3v) is 5.18. The number of benzene rings is 1. The molecule has 0 aliphatic carbocycles. The minimum atomic E-state index is -0.195. The molecule has 132 valence electrons. The molecular formula is C17H19ClN4O2S. The Hall–Kier alpha value is -1.96. The molecule has 0 bridgehead atoms. The van der Waals surface area contributed by atoms with Crippen molar-refractivity contribution in [1.29, 1.82) is 0 Å². The maximum atomic E-state index is 12.5. The number of amides is 2. The molecule has 1 fully saturated rings. The molecular weight excluding hydrogens is 360 g/mol. The van der Waals surface area contributed by atoms with E-state index in [2.05, 4.69) is 4.98 Å². The van der Waals surface area contributed by atoms with Crippen molar-refractivity contribution in [2.75, 3.05) is 26.2 Å². The third-order valence-electron chi connectivity index (χ3n) is 4.02. The minimum Gasteiger partial charge on any atom is -0.335 e. The van der Waals surface area contributed by atoms with Crippen LogP contribution in [0, 0.1) is 0 Å². The molecule has 0 radical (unpaired) electrons. The van der Waals surface area contributed by atoms with Crippen LogP contribution in [0.5, 0.6) is 0 Å². The first-order chi connectivity index (χ1) is 12.1. The number of carbonyl (C=O) groups is 2. The molecule has 1 aliphatic heterocycles. The van der Waals surface area contributed by atoms with Crippen LogP contribution in [0.25, 0.3) is 0 Å². The van der Waals surface area contributed by atoms with E-state index < -0.39 is 0 Å². The molecule has 25 heavy (non-hydrogen) atoms. The topological polar surface area (TPSA) is 79.5 Å². The maximum Gasteiger partial charge on any atom is 0.273 e. The van der Waals surface area contributed by atoms with Crippen molar-refractivity contribution in [2.45, 2.75) is 13.0 Å². The Bertz CT molecular complexity index is 762. The van der Waals surface area contributed by atoms with E-state index in [0.29, 0.717) is 43.3 Å². The fourth-order valence-corrected chi connectivity index (χ4v) is 3.58. The van der Waals surface area contributed by atoms with E-state index >= 15 is 0 Å². The summed E-state index contributed by atoms with van der Waals surface area (Å²) >= 11 is 7.31. The number of nitrogens with zero attached hydrogens (tertiary/aromatic N) is 3. The molecule has 0 unspecified atom stereocenters. The summed E-state index contributed by atoms with van der Waals surface area (Å²) in [5.41, 5.74) is 6.92. The van der Waals surface area contributed by atoms with Crippen LogP contribution in [-0.2, 0) is 17.8 Å². The molecule has 2 amide bonds. The first-order valence-electron chi connectivity index (χ1n) is 8.03. The molecule has 2 heterocycles. The molecule has 0 atom stereocenters. The Morgan fingerprint density at radius 2 is 2.04 bits per heavy atom. The molecule has 0 spiro atoms. The minimum absolute atomic E-state index is 0.0630. The van der Waals surface area contributed by atoms with Gasteiger partial charge >= 0.3 is 0 Å². The van der Waals surface area contributed by atoms with E-state index in [0.717, 1.165) is 10.6 Å². The van der Waals surface area contributed by atoms with E-state index in [1.165, 1.54) is 11.3 Å². The molecule has 8 heteroatoms. The first kappa shape index (κ1) is 17.8. The van der Waals surface area contributed by atoms with Gasteiger partial charge in [0.1, 0.15) is 12.2 Å². The van der Waals surface area contributed by atoms with Gasteiger partial charge in [0.2, 0.25) is 5.91 Å². The van der Waals surface area contributed by atoms with Crippen LogP contribution < -0.4 is 5.73 Å². The standard InChI is InChI=1S/C17H19ClN4O2S/c18-13-3-1-12(2-4-13)9-21-7-8-22(10-16(21)23)17(24)14-11-25-15(20-14)5-6-19/h1-4,11H,5-10,19H2. The highest BCUT2D eigenvalue weighted by atomic mass is 35.5. The Morgan fingerprint density at radius 1 is 1.28 bits per heavy atom. The highest BCUT2D eigenvalue weighted by molar-refractivity contribution is 7.09. The zero-order valence-corrected chi connectivity index (χ0v) is 15.2. The molecule has 1 saturated heterocycles. The number of piperazine rings is 1. The molecule has 6 nitrogen and oxygen atoms in total. The van der Waals surface area contributed by atoms with Crippen molar-refractivity contribution in [3.05, 3.63) is 50.9 Å². The molecule has 1 aliphatic rings. The largest absolute Gasteiger partial charge is 0.335 e. The summed E-state index contributed by atoms with van der Waals surface area (Å²) in [5, 5.41) is 3.25. The number of thiazole rings is 1. The van der Waals surface area contributed by atoms with Gasteiger partial charge < -0.3 is 15.5 Å². The zero-order chi connectivity index (χ0) is 17.8. The summed E-state index contributed by atoms with van der Waals surface area (Å²) < 4.78 is 0. The van der Waals surface area contributed by atoms with Crippen molar-refractivity contribution < 1.29 is 9.59 Å². The number of nitrogens with two attached hydrogens (primary N) is 1. The summed E-state index contributed by atoms with van der Waals surface area (Å²) in [6.45, 7) is 2.11. The van der Waals surface area contributed by atoms with Gasteiger partial charge in [-0.15, -0.1) is 11.3 Å². The van der Waals surface area contributed by atoms with Crippen molar-refractivity contribution in [3.8, 4) is 0 Å². The van der Waals surface area contributed by atoms with Gasteiger partial charge in [0.15, 0.2) is 0 Å². The fourth-order valence-electron chi connectivity index (χ4n) is 2.67. The average Bonchev–Trinajstić information content (AvgIpc) is 3.07. The second kappa shape index (κ2) is 7.95. The average molecular weight is 379 g/mol. The first-order valence-corrected chi connectivity index (χ1v) is 9.28. The number of hydrogen-bond acceptors (Lipinski definition) is 5. The molecule has 0 saturated carbocycles. The van der Waals surface area contributed by atoms with Crippen LogP contribution in [0.4, 0.5) is 0 Å². The maximum absolute atomic E-state index is 12.5. The molecule has 2 aromatic rings. The van der Waals surface area contributed by atoms with E-state index in [4.69, 9.17) is 17.3 Å². The van der Waals surface area contributed by atoms with Gasteiger partial charge in [-0.3, -0.25) is 9.59 Å². The summed E-state index contributed by atoms with van der Waals surface area (Å²) in [5.74, 6) is -0.258. The highest BCUT2D eigenvalue weighted by Crippen LogP contribution is 2.16. The van der Waals surface area contributed by atoms with Crippen LogP contribution in [0.2, 0.25) is 5.02 Å². The summed E-state index contributed by atoms with van der Waals surface area (Å²) in [4.78, 5) is 32.5. The number of rotatable bonds is 5. The summed E-state index contributed by atoms with van der Waals surface area (Å²) in [7, 11) is 0. The Balaban J connectivity index is 1.59. The number of hydrogen-bond donors (Lipinski definition) is 1. The molecule has 2 N–H and O–H groups in total. The molecule has 3 rings (SSSR count). The lowest BCUT2D eigenvalue weighted by Gasteiger charge is -2.34. The van der Waals surface area contributed by atoms with Crippen molar-refractivity contribution in [1.82, 2.24) is 14.8 Å². The van der Waals surface area contributed by atoms with Crippen LogP contribution in [0.15, 0.2) is 29.6 Å². The van der Waals surface area contributed by atoms with E-state index in [1.54, 1.807) is 15.2 Å². The number of carbonyl (C=O) groups excluding carboxylic acids is 2. The predicted molar refractivity (Wildman–Crippen MR) is 97.6 cm³/mol. The number of halogens is 1. The van der Waals surface area contributed by atoms with Gasteiger partial charge in [-0.2, -0.15) is 0 Å². The summed E-state index contributed by atoms with van der Waals surface area (Å²) in [6.07, 6.45) is 0.658. The van der Waals surface area contributed by atoms with Crippen molar-refractivity contribution in [3.63, 3.8) is 0 Å². The second-order valence-electron chi connectivity index (χ2n) is 5.83. The Kier molecular flexibility index (Phi) is 5.67. The van der Waals surface area contributed by atoms with Crippen LogP contribution in [0.1, 0.15) is 21.1 Å². The highest BCUT2D eigenvalue weighted by Gasteiger charge is 2.28. The third kappa shape index (κ3) is 4.36. The lowest BCUT2D eigenvalue weighted by atomic mass is 10.2. The van der Waals surface area contributed by atoms with Gasteiger partial charge in [0, 0.05) is 36.5 Å². The smallest absolute Gasteiger partial charge is 0.273 e. The predicted octanol–water partition coefficient (Wildman–Crippen LogP) is 1.78. The number of aromatic nitrogens is 1. The van der Waals surface area contributed by atoms with E-state index in [1.807, 2.05) is 24.3 Å². The van der Waals surface area contributed by atoms with E-state index in [-0.39, 0.29) is 18.4 Å². The second-order valence-corrected chi connectivity index (χ2v) is 7.21. The van der Waals surface area contributed by atoms with Gasteiger partial charge in [0.25, 0.3) is 5.91 Å². The van der Waals surface area contributed by atoms with Gasteiger partial charge in [-0.1, -0.05) is 23.7 Å². The Labute approximate surface area is 155 Å². The normalized spacial score (nSPS) is 14.9. The fraction of sp³-hybridized carbons (Fsp3) is 0.353. The molecule has 1 aromatic heterocycles. The van der Waals surface area contributed by atoms with Crippen molar-refractivity contribution in [2.24, 2.45) is 5.73 Å². The lowest BCUT2D eigenvalue weighted by Crippen LogP contribution is -2.51. The van der Waals surface area contributed by atoms with Crippen LogP contribution >= 0.6 is 22.9 Å². The zero-order valence-electron chi connectivity index (χ0n) is 13.7. The molecule has 1 aromatic carbocycles. The van der Waals surface area contributed by atoms with Gasteiger partial charge in [0.05, 0.1) is 5.01 Å². The lowest BCUT2D eigenvalue weighted by molar-refractivity contribution is -0.135. The monoisotopic (exact) mass is 378 g/mol. The summed E-state index contributed by atoms with van der Waals surface area (Å²) in [6, 6.07) is 7.42. The quantitative estimate of drug-likeness (QED) is 0.860. The van der Waals surface area contributed by atoms with Gasteiger partial charge in [-0.25, -0.2) is 4.98 Å². The Morgan fingerprint density at radius 3 is 2.72 bits per heavy atom. The SMILES string of the molecule is NCCc1nc(C(=O)N2CCN(Cc3ccc(Cl)cc3)C(=O)C2)cs1. The van der Waals surface area contributed by atoms with Crippen LogP contribution in [0.3, 0.4) is 0 Å². The van der Waals surface area contributed by atoms with E-state index in [9.17, 15) is 9.59 Å².